The number of ether oxygens (including phenoxy) is 1. The van der Waals surface area contributed by atoms with E-state index < -0.39 is 23.3 Å². The van der Waals surface area contributed by atoms with Crippen LogP contribution in [0.3, 0.4) is 0 Å². The molecular weight excluding hydrogens is 517 g/mol. The topological polar surface area (TPSA) is 62.7 Å². The van der Waals surface area contributed by atoms with Crippen molar-refractivity contribution < 1.29 is 27.8 Å². The van der Waals surface area contributed by atoms with Crippen LogP contribution in [-0.2, 0) is 24.1 Å². The van der Waals surface area contributed by atoms with Crippen LogP contribution in [0.2, 0.25) is 0 Å². The van der Waals surface area contributed by atoms with Crippen LogP contribution in [-0.4, -0.2) is 21.7 Å². The van der Waals surface area contributed by atoms with Gasteiger partial charge in [0, 0.05) is 18.7 Å². The van der Waals surface area contributed by atoms with Crippen LogP contribution in [0.1, 0.15) is 41.7 Å². The Morgan fingerprint density at radius 3 is 2.10 bits per heavy atom. The number of carboxylic acids is 1. The Kier molecular flexibility index (Phi) is 8.18. The molecule has 1 heterocycles. The molecule has 0 fully saturated rings. The largest absolute Gasteiger partial charge is 0.478 e. The third-order valence-electron chi connectivity index (χ3n) is 6.55. The van der Waals surface area contributed by atoms with Gasteiger partial charge in [0.1, 0.15) is 11.6 Å². The van der Waals surface area contributed by atoms with Crippen molar-refractivity contribution in [3.8, 4) is 17.0 Å². The van der Waals surface area contributed by atoms with Crippen molar-refractivity contribution in [2.75, 3.05) is 4.90 Å². The molecule has 4 rings (SSSR count). The Morgan fingerprint density at radius 1 is 0.875 bits per heavy atom. The van der Waals surface area contributed by atoms with Gasteiger partial charge >= 0.3 is 12.1 Å². The van der Waals surface area contributed by atoms with Crippen molar-refractivity contribution in [1.82, 2.24) is 4.98 Å². The Morgan fingerprint density at radius 2 is 1.50 bits per heavy atom. The molecule has 0 aliphatic rings. The zero-order valence-electron chi connectivity index (χ0n) is 22.8. The number of rotatable bonds is 9. The maximum absolute atomic E-state index is 13.0. The van der Waals surface area contributed by atoms with Crippen LogP contribution in [0.4, 0.5) is 19.0 Å². The average molecular weight is 549 g/mol. The van der Waals surface area contributed by atoms with Crippen molar-refractivity contribution in [2.24, 2.45) is 0 Å². The molecule has 0 unspecified atom stereocenters. The standard InChI is InChI=1S/C32H31F3N2O3/c1-21-8-10-23(11-9-21)19-37(20-24-12-17-28(22(2)18-24)40-31(3,4)30(38)39)29-7-5-6-27(36-29)25-13-15-26(16-14-25)32(33,34)35/h5-18H,19-20H2,1-4H3,(H,38,39). The lowest BCUT2D eigenvalue weighted by molar-refractivity contribution is -0.152. The summed E-state index contributed by atoms with van der Waals surface area (Å²) < 4.78 is 44.9. The van der Waals surface area contributed by atoms with Crippen molar-refractivity contribution in [1.29, 1.82) is 0 Å². The number of nitrogens with zero attached hydrogens (tertiary/aromatic N) is 2. The minimum Gasteiger partial charge on any atom is -0.478 e. The van der Waals surface area contributed by atoms with Crippen molar-refractivity contribution in [3.63, 3.8) is 0 Å². The zero-order valence-corrected chi connectivity index (χ0v) is 22.8. The highest BCUT2D eigenvalue weighted by Gasteiger charge is 2.31. The van der Waals surface area contributed by atoms with Gasteiger partial charge in [-0.25, -0.2) is 9.78 Å². The molecule has 208 valence electrons. The second kappa shape index (κ2) is 11.4. The van der Waals surface area contributed by atoms with Gasteiger partial charge in [-0.15, -0.1) is 0 Å². The Hall–Kier alpha value is -4.33. The van der Waals surface area contributed by atoms with Crippen LogP contribution in [0, 0.1) is 13.8 Å². The van der Waals surface area contributed by atoms with Crippen molar-refractivity contribution in [2.45, 2.75) is 52.6 Å². The van der Waals surface area contributed by atoms with Gasteiger partial charge in [-0.05, 0) is 74.7 Å². The van der Waals surface area contributed by atoms with Gasteiger partial charge in [-0.3, -0.25) is 0 Å². The van der Waals surface area contributed by atoms with Gasteiger partial charge in [0.05, 0.1) is 11.3 Å². The maximum atomic E-state index is 13.0. The van der Waals surface area contributed by atoms with Crippen LogP contribution in [0.5, 0.6) is 5.75 Å². The van der Waals surface area contributed by atoms with Crippen LogP contribution in [0.25, 0.3) is 11.3 Å². The van der Waals surface area contributed by atoms with Crippen molar-refractivity contribution in [3.05, 3.63) is 113 Å². The van der Waals surface area contributed by atoms with Crippen LogP contribution >= 0.6 is 0 Å². The summed E-state index contributed by atoms with van der Waals surface area (Å²) in [5.41, 5.74) is 3.06. The number of halogens is 3. The number of carbonyl (C=O) groups is 1. The number of alkyl halides is 3. The lowest BCUT2D eigenvalue weighted by Crippen LogP contribution is -2.38. The number of benzene rings is 3. The normalized spacial score (nSPS) is 11.8. The molecule has 0 saturated carbocycles. The summed E-state index contributed by atoms with van der Waals surface area (Å²) in [6.45, 7) is 7.93. The molecule has 0 radical (unpaired) electrons. The van der Waals surface area contributed by atoms with E-state index in [0.717, 1.165) is 34.4 Å². The minimum absolute atomic E-state index is 0.487. The molecule has 0 atom stereocenters. The quantitative estimate of drug-likeness (QED) is 0.231. The molecule has 3 aromatic carbocycles. The Balaban J connectivity index is 1.65. The van der Waals surface area contributed by atoms with Gasteiger partial charge in [-0.2, -0.15) is 13.2 Å². The van der Waals surface area contributed by atoms with Gasteiger partial charge in [0.15, 0.2) is 5.60 Å². The predicted molar refractivity (Wildman–Crippen MR) is 149 cm³/mol. The molecule has 0 aliphatic heterocycles. The van der Waals surface area contributed by atoms with Gasteiger partial charge < -0.3 is 14.7 Å². The third-order valence-corrected chi connectivity index (χ3v) is 6.55. The molecule has 5 nitrogen and oxygen atoms in total. The van der Waals surface area contributed by atoms with E-state index >= 15 is 0 Å². The summed E-state index contributed by atoms with van der Waals surface area (Å²) in [4.78, 5) is 18.4. The molecule has 0 amide bonds. The minimum atomic E-state index is -4.40. The number of aliphatic carboxylic acids is 1. The third kappa shape index (κ3) is 7.00. The summed E-state index contributed by atoms with van der Waals surface area (Å²) in [7, 11) is 0. The van der Waals surface area contributed by atoms with Gasteiger partial charge in [0.25, 0.3) is 0 Å². The molecule has 0 saturated heterocycles. The highest BCUT2D eigenvalue weighted by Crippen LogP contribution is 2.31. The number of pyridine rings is 1. The summed E-state index contributed by atoms with van der Waals surface area (Å²) in [5, 5.41) is 9.42. The number of carboxylic acid groups (broad SMARTS) is 1. The maximum Gasteiger partial charge on any atom is 0.416 e. The van der Waals surface area contributed by atoms with Crippen molar-refractivity contribution >= 4 is 11.8 Å². The predicted octanol–water partition coefficient (Wildman–Crippen LogP) is 7.83. The monoisotopic (exact) mass is 548 g/mol. The van der Waals surface area contributed by atoms with Gasteiger partial charge in [0.2, 0.25) is 0 Å². The van der Waals surface area contributed by atoms with E-state index in [-0.39, 0.29) is 0 Å². The number of aryl methyl sites for hydroxylation is 2. The number of hydrogen-bond acceptors (Lipinski definition) is 4. The van der Waals surface area contributed by atoms with Gasteiger partial charge in [-0.1, -0.05) is 60.2 Å². The van der Waals surface area contributed by atoms with E-state index in [1.807, 2.05) is 50.2 Å². The fourth-order valence-corrected chi connectivity index (χ4v) is 4.19. The molecular formula is C32H31F3N2O3. The average Bonchev–Trinajstić information content (AvgIpc) is 2.90. The summed E-state index contributed by atoms with van der Waals surface area (Å²) >= 11 is 0. The van der Waals surface area contributed by atoms with E-state index in [1.54, 1.807) is 12.1 Å². The molecule has 0 aliphatic carbocycles. The Bertz CT molecular complexity index is 1480. The number of aromatic nitrogens is 1. The molecule has 0 bridgehead atoms. The molecule has 1 aromatic heterocycles. The fourth-order valence-electron chi connectivity index (χ4n) is 4.19. The fraction of sp³-hybridized carbons (Fsp3) is 0.250. The van der Waals surface area contributed by atoms with E-state index in [9.17, 15) is 23.1 Å². The van der Waals surface area contributed by atoms with Crippen LogP contribution in [0.15, 0.2) is 84.9 Å². The highest BCUT2D eigenvalue weighted by atomic mass is 19.4. The lowest BCUT2D eigenvalue weighted by Gasteiger charge is -2.26. The smallest absolute Gasteiger partial charge is 0.416 e. The van der Waals surface area contributed by atoms with E-state index in [4.69, 9.17) is 9.72 Å². The van der Waals surface area contributed by atoms with Crippen LogP contribution < -0.4 is 9.64 Å². The molecule has 8 heteroatoms. The summed E-state index contributed by atoms with van der Waals surface area (Å²) in [5.74, 6) is 0.103. The summed E-state index contributed by atoms with van der Waals surface area (Å²) in [6, 6.07) is 24.3. The second-order valence-electron chi connectivity index (χ2n) is 10.3. The van der Waals surface area contributed by atoms with E-state index in [2.05, 4.69) is 17.0 Å². The number of anilines is 1. The molecule has 40 heavy (non-hydrogen) atoms. The molecule has 1 N–H and O–H groups in total. The first kappa shape index (κ1) is 28.7. The highest BCUT2D eigenvalue weighted by molar-refractivity contribution is 5.76. The first-order chi connectivity index (χ1) is 18.8. The number of hydrogen-bond donors (Lipinski definition) is 1. The lowest BCUT2D eigenvalue weighted by atomic mass is 10.1. The zero-order chi connectivity index (χ0) is 29.1. The molecule has 0 spiro atoms. The molecule has 4 aromatic rings. The summed E-state index contributed by atoms with van der Waals surface area (Å²) in [6.07, 6.45) is -4.40. The first-order valence-corrected chi connectivity index (χ1v) is 12.8. The van der Waals surface area contributed by atoms with E-state index in [1.165, 1.54) is 26.0 Å². The Labute approximate surface area is 231 Å². The second-order valence-corrected chi connectivity index (χ2v) is 10.3. The van der Waals surface area contributed by atoms with E-state index in [0.29, 0.717) is 35.9 Å². The first-order valence-electron chi connectivity index (χ1n) is 12.8. The SMILES string of the molecule is Cc1ccc(CN(Cc2ccc(OC(C)(C)C(=O)O)c(C)c2)c2cccc(-c3ccc(C(F)(F)F)cc3)n2)cc1.